The Morgan fingerprint density at radius 1 is 1.17 bits per heavy atom. The van der Waals surface area contributed by atoms with E-state index >= 15 is 0 Å². The standard InChI is InChI=1S/C16H16N2/c1-2-9-15-13(5-1)11-17-14-8-3-6-12-7-4-10-18(15)16(12)14/h1-4,6-7,9-10,13,16H,5,8,11H2. The Bertz CT molecular complexity index is 558. The molecule has 2 heterocycles. The molecule has 0 saturated heterocycles. The van der Waals surface area contributed by atoms with Crippen LogP contribution >= 0.6 is 0 Å². The minimum Gasteiger partial charge on any atom is -0.338 e. The van der Waals surface area contributed by atoms with Crippen LogP contribution in [0.15, 0.2) is 65.0 Å². The summed E-state index contributed by atoms with van der Waals surface area (Å²) in [4.78, 5) is 7.32. The number of hydrogen-bond acceptors (Lipinski definition) is 2. The fourth-order valence-corrected chi connectivity index (χ4v) is 3.26. The highest BCUT2D eigenvalue weighted by Gasteiger charge is 2.34. The summed E-state index contributed by atoms with van der Waals surface area (Å²) in [5.41, 5.74) is 4.13. The summed E-state index contributed by atoms with van der Waals surface area (Å²) in [6.45, 7) is 0.938. The zero-order valence-corrected chi connectivity index (χ0v) is 10.3. The van der Waals surface area contributed by atoms with Crippen LogP contribution in [0.3, 0.4) is 0 Å². The lowest BCUT2D eigenvalue weighted by Gasteiger charge is -2.38. The molecule has 0 bridgehead atoms. The zero-order valence-electron chi connectivity index (χ0n) is 10.3. The van der Waals surface area contributed by atoms with Crippen LogP contribution in [0.5, 0.6) is 0 Å². The molecule has 4 aliphatic rings. The highest BCUT2D eigenvalue weighted by atomic mass is 15.2. The third kappa shape index (κ3) is 1.38. The van der Waals surface area contributed by atoms with Crippen LogP contribution in [0.4, 0.5) is 0 Å². The Morgan fingerprint density at radius 3 is 3.17 bits per heavy atom. The second-order valence-electron chi connectivity index (χ2n) is 5.21. The summed E-state index contributed by atoms with van der Waals surface area (Å²) in [7, 11) is 0. The Kier molecular flexibility index (Phi) is 2.16. The predicted molar refractivity (Wildman–Crippen MR) is 74.2 cm³/mol. The molecule has 2 aliphatic heterocycles. The van der Waals surface area contributed by atoms with Crippen LogP contribution in [0.25, 0.3) is 0 Å². The van der Waals surface area contributed by atoms with E-state index in [4.69, 9.17) is 4.99 Å². The topological polar surface area (TPSA) is 15.6 Å². The summed E-state index contributed by atoms with van der Waals surface area (Å²) in [5, 5.41) is 0. The minimum absolute atomic E-state index is 0.350. The molecule has 0 aromatic heterocycles. The van der Waals surface area contributed by atoms with Gasteiger partial charge in [-0.15, -0.1) is 0 Å². The van der Waals surface area contributed by atoms with Crippen molar-refractivity contribution in [3.8, 4) is 0 Å². The van der Waals surface area contributed by atoms with Crippen molar-refractivity contribution in [1.82, 2.24) is 4.90 Å². The molecule has 0 spiro atoms. The van der Waals surface area contributed by atoms with Gasteiger partial charge in [0.15, 0.2) is 0 Å². The second-order valence-corrected chi connectivity index (χ2v) is 5.21. The largest absolute Gasteiger partial charge is 0.338 e. The van der Waals surface area contributed by atoms with Crippen LogP contribution in [-0.2, 0) is 0 Å². The van der Waals surface area contributed by atoms with Gasteiger partial charge in [0.2, 0.25) is 0 Å². The van der Waals surface area contributed by atoms with Crippen LogP contribution < -0.4 is 0 Å². The number of hydrogen-bond donors (Lipinski definition) is 0. The van der Waals surface area contributed by atoms with Gasteiger partial charge in [-0.05, 0) is 24.1 Å². The first kappa shape index (κ1) is 10.1. The maximum absolute atomic E-state index is 4.89. The van der Waals surface area contributed by atoms with Crippen molar-refractivity contribution in [1.29, 1.82) is 0 Å². The molecule has 2 unspecified atom stereocenters. The summed E-state index contributed by atoms with van der Waals surface area (Å²) in [6.07, 6.45) is 19.9. The smallest absolute Gasteiger partial charge is 0.0965 e. The van der Waals surface area contributed by atoms with E-state index in [1.54, 1.807) is 0 Å². The first-order valence-electron chi connectivity index (χ1n) is 6.67. The van der Waals surface area contributed by atoms with Gasteiger partial charge in [0.1, 0.15) is 0 Å². The van der Waals surface area contributed by atoms with E-state index < -0.39 is 0 Å². The molecule has 0 saturated carbocycles. The molecule has 2 heteroatoms. The molecule has 0 radical (unpaired) electrons. The molecular weight excluding hydrogens is 220 g/mol. The third-order valence-electron chi connectivity index (χ3n) is 4.14. The first-order chi connectivity index (χ1) is 8.93. The SMILES string of the molecule is C1=CCC2CN=C3CC=CC4=CC=CN(C2=C1)C43. The van der Waals surface area contributed by atoms with Crippen molar-refractivity contribution >= 4 is 5.71 Å². The molecule has 4 rings (SSSR count). The van der Waals surface area contributed by atoms with Gasteiger partial charge in [0, 0.05) is 36.5 Å². The van der Waals surface area contributed by atoms with Gasteiger partial charge in [-0.3, -0.25) is 4.99 Å². The van der Waals surface area contributed by atoms with E-state index in [9.17, 15) is 0 Å². The molecule has 0 aromatic carbocycles. The number of aliphatic imine (C=N–C) groups is 1. The molecule has 90 valence electrons. The highest BCUT2D eigenvalue weighted by molar-refractivity contribution is 5.96. The van der Waals surface area contributed by atoms with Crippen LogP contribution in [0.2, 0.25) is 0 Å². The molecule has 0 aromatic rings. The first-order valence-corrected chi connectivity index (χ1v) is 6.67. The normalized spacial score (nSPS) is 32.0. The summed E-state index contributed by atoms with van der Waals surface area (Å²) in [5.74, 6) is 0.553. The minimum atomic E-state index is 0.350. The lowest BCUT2D eigenvalue weighted by Crippen LogP contribution is -2.41. The van der Waals surface area contributed by atoms with Crippen molar-refractivity contribution in [3.63, 3.8) is 0 Å². The Hall–Kier alpha value is -1.83. The van der Waals surface area contributed by atoms with E-state index in [1.165, 1.54) is 17.0 Å². The van der Waals surface area contributed by atoms with E-state index in [-0.39, 0.29) is 0 Å². The zero-order chi connectivity index (χ0) is 11.9. The average Bonchev–Trinajstić information content (AvgIpc) is 2.60. The van der Waals surface area contributed by atoms with Gasteiger partial charge in [0.05, 0.1) is 6.04 Å². The highest BCUT2D eigenvalue weighted by Crippen LogP contribution is 2.35. The Morgan fingerprint density at radius 2 is 2.17 bits per heavy atom. The van der Waals surface area contributed by atoms with E-state index in [0.29, 0.717) is 12.0 Å². The molecule has 0 fully saturated rings. The van der Waals surface area contributed by atoms with Crippen molar-refractivity contribution in [2.45, 2.75) is 18.9 Å². The van der Waals surface area contributed by atoms with Crippen molar-refractivity contribution < 1.29 is 0 Å². The van der Waals surface area contributed by atoms with Crippen LogP contribution in [-0.4, -0.2) is 23.2 Å². The number of fused-ring (bicyclic) bond motifs is 2. The van der Waals surface area contributed by atoms with Gasteiger partial charge in [0.25, 0.3) is 0 Å². The maximum atomic E-state index is 4.89. The van der Waals surface area contributed by atoms with Gasteiger partial charge >= 0.3 is 0 Å². The summed E-state index contributed by atoms with van der Waals surface area (Å²) < 4.78 is 0. The molecule has 0 amide bonds. The van der Waals surface area contributed by atoms with Crippen molar-refractivity contribution in [2.75, 3.05) is 6.54 Å². The van der Waals surface area contributed by atoms with Gasteiger partial charge in [-0.2, -0.15) is 0 Å². The number of rotatable bonds is 0. The average molecular weight is 236 g/mol. The van der Waals surface area contributed by atoms with E-state index in [2.05, 4.69) is 53.6 Å². The van der Waals surface area contributed by atoms with E-state index in [1.807, 2.05) is 0 Å². The van der Waals surface area contributed by atoms with Crippen LogP contribution in [0, 0.1) is 5.92 Å². The summed E-state index contributed by atoms with van der Waals surface area (Å²) in [6, 6.07) is 0.350. The van der Waals surface area contributed by atoms with E-state index in [0.717, 1.165) is 19.4 Å². The quantitative estimate of drug-likeness (QED) is 0.631. The lowest BCUT2D eigenvalue weighted by atomic mass is 9.89. The monoisotopic (exact) mass is 236 g/mol. The Balaban J connectivity index is 1.86. The molecule has 18 heavy (non-hydrogen) atoms. The number of nitrogens with zero attached hydrogens (tertiary/aromatic N) is 2. The third-order valence-corrected chi connectivity index (χ3v) is 4.14. The summed E-state index contributed by atoms with van der Waals surface area (Å²) >= 11 is 0. The fourth-order valence-electron chi connectivity index (χ4n) is 3.26. The van der Waals surface area contributed by atoms with Gasteiger partial charge in [-0.25, -0.2) is 0 Å². The molecular formula is C16H16N2. The molecule has 2 aliphatic carbocycles. The molecule has 2 nitrogen and oxygen atoms in total. The van der Waals surface area contributed by atoms with Gasteiger partial charge < -0.3 is 4.90 Å². The molecule has 2 atom stereocenters. The van der Waals surface area contributed by atoms with Gasteiger partial charge in [-0.1, -0.05) is 30.4 Å². The Labute approximate surface area is 107 Å². The second kappa shape index (κ2) is 3.84. The number of allylic oxidation sites excluding steroid dienone is 6. The fraction of sp³-hybridized carbons (Fsp3) is 0.312. The van der Waals surface area contributed by atoms with Crippen molar-refractivity contribution in [3.05, 3.63) is 60.0 Å². The lowest BCUT2D eigenvalue weighted by molar-refractivity contribution is 0.390. The predicted octanol–water partition coefficient (Wildman–Crippen LogP) is 2.99. The maximum Gasteiger partial charge on any atom is 0.0965 e. The van der Waals surface area contributed by atoms with Crippen LogP contribution in [0.1, 0.15) is 12.8 Å². The van der Waals surface area contributed by atoms with Crippen molar-refractivity contribution in [2.24, 2.45) is 10.9 Å². The molecule has 0 N–H and O–H groups in total.